The van der Waals surface area contributed by atoms with Crippen LogP contribution in [0.3, 0.4) is 0 Å². The molecule has 17 heavy (non-hydrogen) atoms. The zero-order valence-electron chi connectivity index (χ0n) is 10.2. The zero-order valence-corrected chi connectivity index (χ0v) is 10.2. The van der Waals surface area contributed by atoms with E-state index >= 15 is 0 Å². The van der Waals surface area contributed by atoms with Crippen LogP contribution in [0.5, 0.6) is 0 Å². The Morgan fingerprint density at radius 2 is 1.82 bits per heavy atom. The summed E-state index contributed by atoms with van der Waals surface area (Å²) in [7, 11) is 3.17. The summed E-state index contributed by atoms with van der Waals surface area (Å²) in [6.07, 6.45) is 0.331. The minimum Gasteiger partial charge on any atom is -0.381 e. The third kappa shape index (κ3) is 4.68. The first kappa shape index (κ1) is 13.9. The molecule has 0 fully saturated rings. The van der Waals surface area contributed by atoms with Gasteiger partial charge in [-0.15, -0.1) is 0 Å². The van der Waals surface area contributed by atoms with E-state index in [2.05, 4.69) is 5.32 Å². The topological polar surface area (TPSA) is 56.5 Å². The molecule has 0 aliphatic heterocycles. The third-order valence-corrected chi connectivity index (χ3v) is 2.50. The Hall–Kier alpha value is -1.17. The molecule has 1 rings (SSSR count). The lowest BCUT2D eigenvalue weighted by Gasteiger charge is -2.22. The fourth-order valence-electron chi connectivity index (χ4n) is 1.52. The maximum Gasteiger partial charge on any atom is 0.158 e. The molecule has 96 valence electrons. The number of rotatable bonds is 7. The lowest BCUT2D eigenvalue weighted by Crippen LogP contribution is -2.34. The van der Waals surface area contributed by atoms with Crippen LogP contribution in [0.2, 0.25) is 0 Å². The number of hydrogen-bond donors (Lipinski definition) is 2. The summed E-state index contributed by atoms with van der Waals surface area (Å²) in [6.45, 7) is 0.445. The van der Waals surface area contributed by atoms with Crippen molar-refractivity contribution in [1.29, 1.82) is 0 Å². The van der Waals surface area contributed by atoms with Crippen LogP contribution >= 0.6 is 0 Å². The van der Waals surface area contributed by atoms with Crippen molar-refractivity contribution in [2.45, 2.75) is 18.8 Å². The molecule has 0 spiro atoms. The van der Waals surface area contributed by atoms with Gasteiger partial charge in [0.25, 0.3) is 0 Å². The van der Waals surface area contributed by atoms with Crippen LogP contribution in [-0.2, 0) is 9.47 Å². The SMILES string of the molecule is COC(CC(CN)Nc1ccc(F)cc1)OC. The fraction of sp³-hybridized carbons (Fsp3) is 0.500. The van der Waals surface area contributed by atoms with E-state index in [-0.39, 0.29) is 18.1 Å². The Labute approximate surface area is 101 Å². The highest BCUT2D eigenvalue weighted by molar-refractivity contribution is 5.43. The van der Waals surface area contributed by atoms with Crippen LogP contribution in [0.4, 0.5) is 10.1 Å². The Kier molecular flexibility index (Phi) is 5.90. The minimum absolute atomic E-state index is 0.0189. The molecular formula is C12H19FN2O2. The van der Waals surface area contributed by atoms with E-state index in [1.54, 1.807) is 26.4 Å². The summed E-state index contributed by atoms with van der Waals surface area (Å²) in [4.78, 5) is 0. The van der Waals surface area contributed by atoms with Gasteiger partial charge in [0.15, 0.2) is 6.29 Å². The highest BCUT2D eigenvalue weighted by Gasteiger charge is 2.14. The fourth-order valence-corrected chi connectivity index (χ4v) is 1.52. The summed E-state index contributed by atoms with van der Waals surface area (Å²) in [5.41, 5.74) is 6.49. The van der Waals surface area contributed by atoms with Gasteiger partial charge in [0.2, 0.25) is 0 Å². The molecule has 1 aromatic carbocycles. The predicted octanol–water partition coefficient (Wildman–Crippen LogP) is 1.57. The first-order chi connectivity index (χ1) is 8.19. The highest BCUT2D eigenvalue weighted by Crippen LogP contribution is 2.12. The van der Waals surface area contributed by atoms with Crippen molar-refractivity contribution in [2.24, 2.45) is 5.73 Å². The molecule has 0 heterocycles. The van der Waals surface area contributed by atoms with Crippen LogP contribution < -0.4 is 11.1 Å². The quantitative estimate of drug-likeness (QED) is 0.713. The average molecular weight is 242 g/mol. The molecule has 0 aliphatic carbocycles. The van der Waals surface area contributed by atoms with Crippen molar-refractivity contribution in [3.8, 4) is 0 Å². The number of methoxy groups -OCH3 is 2. The summed E-state index contributed by atoms with van der Waals surface area (Å²) in [5.74, 6) is -0.258. The molecule has 4 nitrogen and oxygen atoms in total. The van der Waals surface area contributed by atoms with Gasteiger partial charge >= 0.3 is 0 Å². The van der Waals surface area contributed by atoms with Crippen LogP contribution in [0.15, 0.2) is 24.3 Å². The van der Waals surface area contributed by atoms with Gasteiger partial charge in [-0.1, -0.05) is 0 Å². The molecule has 5 heteroatoms. The van der Waals surface area contributed by atoms with Crippen molar-refractivity contribution in [2.75, 3.05) is 26.1 Å². The minimum atomic E-state index is -0.295. The van der Waals surface area contributed by atoms with E-state index in [1.807, 2.05) is 0 Å². The molecule has 0 radical (unpaired) electrons. The molecule has 3 N–H and O–H groups in total. The Bertz CT molecular complexity index is 315. The molecule has 0 saturated heterocycles. The number of nitrogens with one attached hydrogen (secondary N) is 1. The summed E-state index contributed by atoms with van der Waals surface area (Å²) in [5, 5.41) is 3.20. The van der Waals surface area contributed by atoms with Gasteiger partial charge in [0.1, 0.15) is 5.82 Å². The third-order valence-electron chi connectivity index (χ3n) is 2.50. The summed E-state index contributed by atoms with van der Waals surface area (Å²) in [6, 6.07) is 6.17. The first-order valence-electron chi connectivity index (χ1n) is 5.47. The van der Waals surface area contributed by atoms with E-state index in [4.69, 9.17) is 15.2 Å². The van der Waals surface area contributed by atoms with Crippen molar-refractivity contribution in [3.05, 3.63) is 30.1 Å². The maximum absolute atomic E-state index is 12.7. The van der Waals surface area contributed by atoms with Crippen LogP contribution in [0.1, 0.15) is 6.42 Å². The van der Waals surface area contributed by atoms with Crippen molar-refractivity contribution in [3.63, 3.8) is 0 Å². The van der Waals surface area contributed by atoms with E-state index in [9.17, 15) is 4.39 Å². The highest BCUT2D eigenvalue weighted by atomic mass is 19.1. The Balaban J connectivity index is 2.54. The second-order valence-corrected chi connectivity index (χ2v) is 3.72. The van der Waals surface area contributed by atoms with E-state index in [1.165, 1.54) is 12.1 Å². The van der Waals surface area contributed by atoms with Gasteiger partial charge in [0.05, 0.1) is 0 Å². The largest absolute Gasteiger partial charge is 0.381 e. The van der Waals surface area contributed by atoms with Gasteiger partial charge in [-0.2, -0.15) is 0 Å². The Morgan fingerprint density at radius 1 is 1.24 bits per heavy atom. The Morgan fingerprint density at radius 3 is 2.29 bits per heavy atom. The van der Waals surface area contributed by atoms with E-state index in [0.29, 0.717) is 13.0 Å². The average Bonchev–Trinajstić information content (AvgIpc) is 2.37. The second kappa shape index (κ2) is 7.21. The summed E-state index contributed by atoms with van der Waals surface area (Å²) < 4.78 is 23.0. The van der Waals surface area contributed by atoms with E-state index < -0.39 is 0 Å². The number of hydrogen-bond acceptors (Lipinski definition) is 4. The molecule has 0 aliphatic rings. The molecule has 1 unspecified atom stereocenters. The van der Waals surface area contributed by atoms with Gasteiger partial charge in [0, 0.05) is 38.9 Å². The second-order valence-electron chi connectivity index (χ2n) is 3.72. The number of benzene rings is 1. The molecule has 0 amide bonds. The molecular weight excluding hydrogens is 223 g/mol. The van der Waals surface area contributed by atoms with Crippen LogP contribution in [0, 0.1) is 5.82 Å². The monoisotopic (exact) mass is 242 g/mol. The lowest BCUT2D eigenvalue weighted by atomic mass is 10.2. The van der Waals surface area contributed by atoms with Crippen LogP contribution in [-0.4, -0.2) is 33.1 Å². The lowest BCUT2D eigenvalue weighted by molar-refractivity contribution is -0.107. The first-order valence-corrected chi connectivity index (χ1v) is 5.47. The molecule has 0 bridgehead atoms. The molecule has 1 aromatic rings. The zero-order chi connectivity index (χ0) is 12.7. The summed E-state index contributed by atoms with van der Waals surface area (Å²) >= 11 is 0. The maximum atomic E-state index is 12.7. The molecule has 0 saturated carbocycles. The number of halogens is 1. The number of anilines is 1. The van der Waals surface area contributed by atoms with Crippen molar-refractivity contribution >= 4 is 5.69 Å². The number of nitrogens with two attached hydrogens (primary N) is 1. The van der Waals surface area contributed by atoms with Crippen molar-refractivity contribution < 1.29 is 13.9 Å². The van der Waals surface area contributed by atoms with Gasteiger partial charge < -0.3 is 20.5 Å². The molecule has 0 aromatic heterocycles. The molecule has 1 atom stereocenters. The smallest absolute Gasteiger partial charge is 0.158 e. The standard InChI is InChI=1S/C12H19FN2O2/c1-16-12(17-2)7-11(8-14)15-10-5-3-9(13)4-6-10/h3-6,11-12,15H,7-8,14H2,1-2H3. The van der Waals surface area contributed by atoms with Gasteiger partial charge in [-0.05, 0) is 24.3 Å². The normalized spacial score (nSPS) is 12.8. The number of ether oxygens (including phenoxy) is 2. The predicted molar refractivity (Wildman–Crippen MR) is 65.3 cm³/mol. The van der Waals surface area contributed by atoms with Crippen LogP contribution in [0.25, 0.3) is 0 Å². The van der Waals surface area contributed by atoms with E-state index in [0.717, 1.165) is 5.69 Å². The van der Waals surface area contributed by atoms with Gasteiger partial charge in [-0.25, -0.2) is 4.39 Å². The van der Waals surface area contributed by atoms with Crippen molar-refractivity contribution in [1.82, 2.24) is 0 Å². The van der Waals surface area contributed by atoms with Gasteiger partial charge in [-0.3, -0.25) is 0 Å².